The maximum absolute atomic E-state index is 12.5. The SMILES string of the molecule is COC(=O)[C@@H](C)Oc1c(Cl)cc(/C=N/NC(=O)c2ccc(COc3ccc(-n4c(C)ccc4C)cc3)o2)cc1[N+](=O)[O-]. The molecule has 0 unspecified atom stereocenters. The van der Waals surface area contributed by atoms with Gasteiger partial charge in [0.2, 0.25) is 5.75 Å². The van der Waals surface area contributed by atoms with Crippen LogP contribution in [0.25, 0.3) is 5.69 Å². The summed E-state index contributed by atoms with van der Waals surface area (Å²) in [6.45, 7) is 5.55. The predicted octanol–water partition coefficient (Wildman–Crippen LogP) is 5.53. The van der Waals surface area contributed by atoms with Gasteiger partial charge in [-0.2, -0.15) is 5.10 Å². The minimum absolute atomic E-state index is 0.00999. The Morgan fingerprint density at radius 3 is 2.45 bits per heavy atom. The highest BCUT2D eigenvalue weighted by Crippen LogP contribution is 2.36. The first-order valence-electron chi connectivity index (χ1n) is 12.6. The minimum atomic E-state index is -1.13. The highest BCUT2D eigenvalue weighted by Gasteiger charge is 2.25. The number of aromatic nitrogens is 1. The van der Waals surface area contributed by atoms with Crippen molar-refractivity contribution in [3.05, 3.63) is 104 Å². The van der Waals surface area contributed by atoms with Crippen molar-refractivity contribution < 1.29 is 33.1 Å². The summed E-state index contributed by atoms with van der Waals surface area (Å²) in [6.07, 6.45) is 0.0374. The van der Waals surface area contributed by atoms with Gasteiger partial charge in [0.25, 0.3) is 0 Å². The molecule has 4 rings (SSSR count). The van der Waals surface area contributed by atoms with Gasteiger partial charge in [0.15, 0.2) is 11.9 Å². The Morgan fingerprint density at radius 2 is 1.81 bits per heavy atom. The van der Waals surface area contributed by atoms with Crippen LogP contribution < -0.4 is 14.9 Å². The molecular formula is C29H27ClN4O8. The lowest BCUT2D eigenvalue weighted by Crippen LogP contribution is -2.25. The second kappa shape index (κ2) is 13.0. The van der Waals surface area contributed by atoms with Crippen LogP contribution in [0.2, 0.25) is 5.02 Å². The average molecular weight is 595 g/mol. The topological polar surface area (TPSA) is 147 Å². The van der Waals surface area contributed by atoms with Gasteiger partial charge in [-0.25, -0.2) is 10.2 Å². The minimum Gasteiger partial charge on any atom is -0.486 e. The van der Waals surface area contributed by atoms with Crippen LogP contribution in [-0.4, -0.2) is 40.8 Å². The summed E-state index contributed by atoms with van der Waals surface area (Å²) in [5.41, 5.74) is 5.28. The summed E-state index contributed by atoms with van der Waals surface area (Å²) < 4.78 is 23.4. The van der Waals surface area contributed by atoms with Crippen molar-refractivity contribution in [2.45, 2.75) is 33.5 Å². The first-order chi connectivity index (χ1) is 20.1. The molecule has 2 aromatic carbocycles. The first kappa shape index (κ1) is 29.9. The molecule has 0 aliphatic heterocycles. The second-order valence-corrected chi connectivity index (χ2v) is 9.50. The van der Waals surface area contributed by atoms with Crippen LogP contribution in [0.3, 0.4) is 0 Å². The highest BCUT2D eigenvalue weighted by molar-refractivity contribution is 6.32. The number of methoxy groups -OCH3 is 1. The number of nitrogens with zero attached hydrogens (tertiary/aromatic N) is 3. The number of nitro benzene ring substituents is 1. The number of hydrazone groups is 1. The van der Waals surface area contributed by atoms with Gasteiger partial charge < -0.3 is 23.2 Å². The van der Waals surface area contributed by atoms with Gasteiger partial charge in [0.1, 0.15) is 18.1 Å². The lowest BCUT2D eigenvalue weighted by molar-refractivity contribution is -0.386. The summed E-state index contributed by atoms with van der Waals surface area (Å²) in [7, 11) is 1.16. The molecule has 4 aromatic rings. The van der Waals surface area contributed by atoms with Crippen molar-refractivity contribution in [3.63, 3.8) is 0 Å². The van der Waals surface area contributed by atoms with E-state index in [4.69, 9.17) is 25.5 Å². The number of aryl methyl sites for hydroxylation is 2. The van der Waals surface area contributed by atoms with Gasteiger partial charge in [-0.1, -0.05) is 11.6 Å². The van der Waals surface area contributed by atoms with E-state index >= 15 is 0 Å². The third kappa shape index (κ3) is 6.96. The number of furan rings is 1. The van der Waals surface area contributed by atoms with Crippen molar-refractivity contribution in [2.24, 2.45) is 5.10 Å². The standard InChI is InChI=1S/C29H27ClN4O8/c1-17-5-6-18(2)33(17)21-7-9-22(10-8-21)40-16-23-11-12-26(42-23)28(35)32-31-15-20-13-24(30)27(25(14-20)34(37)38)41-19(3)29(36)39-4/h5-15,19H,16H2,1-4H3,(H,32,35)/b31-15+/t19-/m1/s1. The molecule has 1 atom stereocenters. The summed E-state index contributed by atoms with van der Waals surface area (Å²) in [6, 6.07) is 17.3. The molecule has 0 fully saturated rings. The number of carbonyl (C=O) groups excluding carboxylic acids is 2. The maximum atomic E-state index is 12.5. The molecule has 42 heavy (non-hydrogen) atoms. The number of rotatable bonds is 11. The van der Waals surface area contributed by atoms with Crippen molar-refractivity contribution in [1.82, 2.24) is 9.99 Å². The molecule has 1 N–H and O–H groups in total. The van der Waals surface area contributed by atoms with Crippen LogP contribution in [-0.2, 0) is 16.1 Å². The van der Waals surface area contributed by atoms with Crippen LogP contribution in [0.4, 0.5) is 5.69 Å². The lowest BCUT2D eigenvalue weighted by atomic mass is 10.2. The fourth-order valence-corrected chi connectivity index (χ4v) is 4.30. The molecule has 218 valence electrons. The fraction of sp³-hybridized carbons (Fsp3) is 0.207. The lowest BCUT2D eigenvalue weighted by Gasteiger charge is -2.14. The maximum Gasteiger partial charge on any atom is 0.346 e. The number of halogens is 1. The van der Waals surface area contributed by atoms with Crippen molar-refractivity contribution in [3.8, 4) is 17.2 Å². The highest BCUT2D eigenvalue weighted by atomic mass is 35.5. The van der Waals surface area contributed by atoms with E-state index in [9.17, 15) is 19.7 Å². The predicted molar refractivity (Wildman–Crippen MR) is 154 cm³/mol. The second-order valence-electron chi connectivity index (χ2n) is 9.09. The van der Waals surface area contributed by atoms with E-state index in [-0.39, 0.29) is 28.7 Å². The molecule has 13 heteroatoms. The Labute approximate surface area is 245 Å². The van der Waals surface area contributed by atoms with E-state index in [2.05, 4.69) is 32.0 Å². The van der Waals surface area contributed by atoms with E-state index in [1.165, 1.54) is 19.1 Å². The summed E-state index contributed by atoms with van der Waals surface area (Å²) in [5.74, 6) is -0.625. The van der Waals surface area contributed by atoms with Crippen LogP contribution in [0.1, 0.15) is 40.2 Å². The van der Waals surface area contributed by atoms with Crippen LogP contribution >= 0.6 is 11.6 Å². The molecule has 0 bridgehead atoms. The zero-order chi connectivity index (χ0) is 30.4. The van der Waals surface area contributed by atoms with Crippen LogP contribution in [0.5, 0.6) is 11.5 Å². The van der Waals surface area contributed by atoms with Gasteiger partial charge in [-0.15, -0.1) is 0 Å². The molecule has 0 aliphatic carbocycles. The summed E-state index contributed by atoms with van der Waals surface area (Å²) in [5, 5.41) is 15.3. The number of hydrogen-bond acceptors (Lipinski definition) is 9. The average Bonchev–Trinajstić information content (AvgIpc) is 3.58. The largest absolute Gasteiger partial charge is 0.486 e. The van der Waals surface area contributed by atoms with Gasteiger partial charge in [-0.05, 0) is 75.4 Å². The molecular weight excluding hydrogens is 568 g/mol. The third-order valence-corrected chi connectivity index (χ3v) is 6.36. The fourth-order valence-electron chi connectivity index (χ4n) is 4.04. The molecule has 12 nitrogen and oxygen atoms in total. The number of nitro groups is 1. The van der Waals surface area contributed by atoms with E-state index in [0.717, 1.165) is 36.5 Å². The van der Waals surface area contributed by atoms with E-state index < -0.39 is 28.6 Å². The van der Waals surface area contributed by atoms with E-state index in [1.54, 1.807) is 6.07 Å². The molecule has 1 amide bonds. The quantitative estimate of drug-likeness (QED) is 0.103. The molecule has 0 radical (unpaired) electrons. The molecule has 2 aromatic heterocycles. The molecule has 2 heterocycles. The molecule has 0 spiro atoms. The van der Waals surface area contributed by atoms with Gasteiger partial charge in [0.05, 0.1) is 23.3 Å². The Morgan fingerprint density at radius 1 is 1.12 bits per heavy atom. The summed E-state index contributed by atoms with van der Waals surface area (Å²) in [4.78, 5) is 35.0. The Bertz CT molecular complexity index is 1620. The van der Waals surface area contributed by atoms with Crippen molar-refractivity contribution in [2.75, 3.05) is 7.11 Å². The van der Waals surface area contributed by atoms with Gasteiger partial charge >= 0.3 is 17.6 Å². The summed E-state index contributed by atoms with van der Waals surface area (Å²) >= 11 is 6.17. The Hall–Kier alpha value is -5.10. The number of amides is 1. The molecule has 0 saturated carbocycles. The monoisotopic (exact) mass is 594 g/mol. The van der Waals surface area contributed by atoms with Crippen molar-refractivity contribution >= 4 is 35.4 Å². The Balaban J connectivity index is 1.35. The van der Waals surface area contributed by atoms with Crippen molar-refractivity contribution in [1.29, 1.82) is 0 Å². The first-order valence-corrected chi connectivity index (χ1v) is 13.0. The zero-order valence-electron chi connectivity index (χ0n) is 23.1. The number of benzene rings is 2. The number of ether oxygens (including phenoxy) is 3. The third-order valence-electron chi connectivity index (χ3n) is 6.08. The Kier molecular flexibility index (Phi) is 9.28. The number of carbonyl (C=O) groups is 2. The molecule has 0 saturated heterocycles. The molecule has 0 aliphatic rings. The van der Waals surface area contributed by atoms with Crippen LogP contribution in [0.15, 0.2) is 70.2 Å². The van der Waals surface area contributed by atoms with Crippen LogP contribution in [0, 0.1) is 24.0 Å². The number of esters is 1. The van der Waals surface area contributed by atoms with Gasteiger partial charge in [-0.3, -0.25) is 14.9 Å². The van der Waals surface area contributed by atoms with E-state index in [0.29, 0.717) is 11.5 Å². The van der Waals surface area contributed by atoms with E-state index in [1.807, 2.05) is 38.1 Å². The number of nitrogens with one attached hydrogen (secondary N) is 1. The normalized spacial score (nSPS) is 11.7. The van der Waals surface area contributed by atoms with Gasteiger partial charge in [0, 0.05) is 28.7 Å². The number of hydrogen-bond donors (Lipinski definition) is 1. The zero-order valence-corrected chi connectivity index (χ0v) is 23.9. The smallest absolute Gasteiger partial charge is 0.346 e.